The van der Waals surface area contributed by atoms with Gasteiger partial charge in [-0.25, -0.2) is 0 Å². The maximum atomic E-state index is 11.5. The molecule has 0 fully saturated rings. The SMILES string of the molecule is Nc1ccc2c(c1)OCC(=O)N2CC(=O)O. The minimum absolute atomic E-state index is 0.163. The summed E-state index contributed by atoms with van der Waals surface area (Å²) >= 11 is 0. The van der Waals surface area contributed by atoms with Gasteiger partial charge in [-0.05, 0) is 12.1 Å². The Hall–Kier alpha value is -2.24. The number of hydrogen-bond acceptors (Lipinski definition) is 4. The van der Waals surface area contributed by atoms with E-state index in [2.05, 4.69) is 0 Å². The highest BCUT2D eigenvalue weighted by Gasteiger charge is 2.27. The number of nitrogen functional groups attached to an aromatic ring is 1. The number of nitrogens with two attached hydrogens (primary N) is 1. The number of ether oxygens (including phenoxy) is 1. The molecule has 0 aliphatic carbocycles. The van der Waals surface area contributed by atoms with Crippen LogP contribution in [0.2, 0.25) is 0 Å². The molecule has 1 aliphatic rings. The summed E-state index contributed by atoms with van der Waals surface area (Å²) in [6, 6.07) is 4.73. The Labute approximate surface area is 91.2 Å². The molecule has 6 heteroatoms. The van der Waals surface area contributed by atoms with Crippen molar-refractivity contribution in [3.05, 3.63) is 18.2 Å². The molecule has 1 aromatic rings. The number of nitrogens with zero attached hydrogens (tertiary/aromatic N) is 1. The van der Waals surface area contributed by atoms with E-state index in [9.17, 15) is 9.59 Å². The third kappa shape index (κ3) is 1.77. The topological polar surface area (TPSA) is 92.9 Å². The van der Waals surface area contributed by atoms with Crippen molar-refractivity contribution < 1.29 is 19.4 Å². The standard InChI is InChI=1S/C10H10N2O4/c11-6-1-2-7-8(3-6)16-5-9(13)12(7)4-10(14)15/h1-3H,4-5,11H2,(H,14,15). The fraction of sp³-hybridized carbons (Fsp3) is 0.200. The van der Waals surface area contributed by atoms with Crippen molar-refractivity contribution in [2.24, 2.45) is 0 Å². The van der Waals surface area contributed by atoms with Gasteiger partial charge in [0.05, 0.1) is 5.69 Å². The van der Waals surface area contributed by atoms with E-state index in [1.807, 2.05) is 0 Å². The molecule has 1 heterocycles. The van der Waals surface area contributed by atoms with Crippen LogP contribution in [0, 0.1) is 0 Å². The number of carbonyl (C=O) groups excluding carboxylic acids is 1. The van der Waals surface area contributed by atoms with Crippen LogP contribution < -0.4 is 15.4 Å². The molecule has 0 atom stereocenters. The lowest BCUT2D eigenvalue weighted by atomic mass is 10.2. The number of benzene rings is 1. The average Bonchev–Trinajstić information content (AvgIpc) is 2.22. The Balaban J connectivity index is 2.40. The van der Waals surface area contributed by atoms with Crippen molar-refractivity contribution in [1.82, 2.24) is 0 Å². The zero-order valence-corrected chi connectivity index (χ0v) is 8.34. The van der Waals surface area contributed by atoms with Gasteiger partial charge in [0.2, 0.25) is 0 Å². The van der Waals surface area contributed by atoms with Crippen molar-refractivity contribution in [2.75, 3.05) is 23.8 Å². The van der Waals surface area contributed by atoms with E-state index < -0.39 is 5.97 Å². The lowest BCUT2D eigenvalue weighted by Gasteiger charge is -2.28. The summed E-state index contributed by atoms with van der Waals surface area (Å²) in [4.78, 5) is 23.3. The molecule has 3 N–H and O–H groups in total. The molecule has 0 aromatic heterocycles. The van der Waals surface area contributed by atoms with Gasteiger partial charge in [0.15, 0.2) is 6.61 Å². The minimum atomic E-state index is -1.07. The van der Waals surface area contributed by atoms with Gasteiger partial charge in [0.1, 0.15) is 12.3 Å². The van der Waals surface area contributed by atoms with Crippen LogP contribution in [0.4, 0.5) is 11.4 Å². The van der Waals surface area contributed by atoms with E-state index in [0.717, 1.165) is 0 Å². The molecule has 0 unspecified atom stereocenters. The Morgan fingerprint density at radius 2 is 2.31 bits per heavy atom. The number of carboxylic acid groups (broad SMARTS) is 1. The van der Waals surface area contributed by atoms with Gasteiger partial charge in [-0.2, -0.15) is 0 Å². The number of rotatable bonds is 2. The second-order valence-corrected chi connectivity index (χ2v) is 3.39. The van der Waals surface area contributed by atoms with E-state index in [-0.39, 0.29) is 19.1 Å². The van der Waals surface area contributed by atoms with Crippen molar-refractivity contribution in [2.45, 2.75) is 0 Å². The molecule has 84 valence electrons. The monoisotopic (exact) mass is 222 g/mol. The summed E-state index contributed by atoms with van der Waals surface area (Å²) in [6.45, 7) is -0.539. The molecule has 6 nitrogen and oxygen atoms in total. The maximum absolute atomic E-state index is 11.5. The molecular formula is C10H10N2O4. The predicted octanol–water partition coefficient (Wildman–Crippen LogP) is 0.0788. The van der Waals surface area contributed by atoms with E-state index in [1.54, 1.807) is 18.2 Å². The van der Waals surface area contributed by atoms with Crippen LogP contribution in [0.15, 0.2) is 18.2 Å². The molecule has 16 heavy (non-hydrogen) atoms. The number of carbonyl (C=O) groups is 2. The highest BCUT2D eigenvalue weighted by atomic mass is 16.5. The largest absolute Gasteiger partial charge is 0.481 e. The zero-order valence-electron chi connectivity index (χ0n) is 8.34. The van der Waals surface area contributed by atoms with Crippen molar-refractivity contribution in [1.29, 1.82) is 0 Å². The van der Waals surface area contributed by atoms with Crippen LogP contribution in [-0.2, 0) is 9.59 Å². The van der Waals surface area contributed by atoms with E-state index >= 15 is 0 Å². The highest BCUT2D eigenvalue weighted by Crippen LogP contribution is 2.33. The van der Waals surface area contributed by atoms with Gasteiger partial charge in [0.25, 0.3) is 5.91 Å². The van der Waals surface area contributed by atoms with Gasteiger partial charge in [-0.3, -0.25) is 14.5 Å². The number of anilines is 2. The lowest BCUT2D eigenvalue weighted by molar-refractivity contribution is -0.137. The first-order valence-electron chi connectivity index (χ1n) is 4.62. The van der Waals surface area contributed by atoms with Crippen LogP contribution in [0.1, 0.15) is 0 Å². The van der Waals surface area contributed by atoms with Gasteiger partial charge >= 0.3 is 5.97 Å². The number of carboxylic acids is 1. The normalized spacial score (nSPS) is 14.2. The van der Waals surface area contributed by atoms with E-state index in [0.29, 0.717) is 17.1 Å². The molecule has 1 amide bonds. The molecule has 0 saturated heterocycles. The number of hydrogen-bond donors (Lipinski definition) is 2. The summed E-state index contributed by atoms with van der Waals surface area (Å²) in [5.41, 5.74) is 6.50. The summed E-state index contributed by atoms with van der Waals surface area (Å²) < 4.78 is 5.16. The molecule has 0 radical (unpaired) electrons. The second-order valence-electron chi connectivity index (χ2n) is 3.39. The van der Waals surface area contributed by atoms with Crippen LogP contribution in [-0.4, -0.2) is 30.1 Å². The van der Waals surface area contributed by atoms with E-state index in [4.69, 9.17) is 15.6 Å². The maximum Gasteiger partial charge on any atom is 0.323 e. The average molecular weight is 222 g/mol. The van der Waals surface area contributed by atoms with Gasteiger partial charge in [-0.15, -0.1) is 0 Å². The van der Waals surface area contributed by atoms with Gasteiger partial charge in [0, 0.05) is 11.8 Å². The molecule has 0 spiro atoms. The van der Waals surface area contributed by atoms with E-state index in [1.165, 1.54) is 4.90 Å². The molecule has 0 bridgehead atoms. The minimum Gasteiger partial charge on any atom is -0.481 e. The molecule has 0 saturated carbocycles. The Morgan fingerprint density at radius 3 is 3.00 bits per heavy atom. The molecule has 1 aromatic carbocycles. The quantitative estimate of drug-likeness (QED) is 0.691. The number of fused-ring (bicyclic) bond motifs is 1. The first-order valence-corrected chi connectivity index (χ1v) is 4.62. The van der Waals surface area contributed by atoms with Crippen LogP contribution >= 0.6 is 0 Å². The van der Waals surface area contributed by atoms with Crippen LogP contribution in [0.25, 0.3) is 0 Å². The summed E-state index contributed by atoms with van der Waals surface area (Å²) in [6.07, 6.45) is 0. The molecule has 1 aliphatic heterocycles. The van der Waals surface area contributed by atoms with Crippen molar-refractivity contribution in [3.63, 3.8) is 0 Å². The predicted molar refractivity (Wildman–Crippen MR) is 56.3 cm³/mol. The zero-order chi connectivity index (χ0) is 11.7. The van der Waals surface area contributed by atoms with Crippen LogP contribution in [0.3, 0.4) is 0 Å². The fourth-order valence-corrected chi connectivity index (χ4v) is 1.53. The number of amides is 1. The smallest absolute Gasteiger partial charge is 0.323 e. The van der Waals surface area contributed by atoms with Crippen molar-refractivity contribution in [3.8, 4) is 5.75 Å². The first kappa shape index (κ1) is 10.3. The Morgan fingerprint density at radius 1 is 1.56 bits per heavy atom. The first-order chi connectivity index (χ1) is 7.58. The van der Waals surface area contributed by atoms with Crippen LogP contribution in [0.5, 0.6) is 5.75 Å². The summed E-state index contributed by atoms with van der Waals surface area (Å²) in [7, 11) is 0. The second kappa shape index (κ2) is 3.73. The fourth-order valence-electron chi connectivity index (χ4n) is 1.53. The summed E-state index contributed by atoms with van der Waals surface area (Å²) in [5, 5.41) is 8.70. The van der Waals surface area contributed by atoms with Gasteiger partial charge in [-0.1, -0.05) is 0 Å². The molecular weight excluding hydrogens is 212 g/mol. The molecule has 2 rings (SSSR count). The Kier molecular flexibility index (Phi) is 2.40. The lowest BCUT2D eigenvalue weighted by Crippen LogP contribution is -2.41. The number of aliphatic carboxylic acids is 1. The third-order valence-corrected chi connectivity index (χ3v) is 2.22. The summed E-state index contributed by atoms with van der Waals surface area (Å²) in [5.74, 6) is -1.02. The third-order valence-electron chi connectivity index (χ3n) is 2.22. The highest BCUT2D eigenvalue weighted by molar-refractivity contribution is 6.01. The Bertz CT molecular complexity index is 458. The van der Waals surface area contributed by atoms with Crippen molar-refractivity contribution >= 4 is 23.3 Å². The van der Waals surface area contributed by atoms with Gasteiger partial charge < -0.3 is 15.6 Å².